The normalized spacial score (nSPS) is 13.0. The zero-order chi connectivity index (χ0) is 22.4. The molecule has 0 aliphatic rings. The Morgan fingerprint density at radius 2 is 1.81 bits per heavy atom. The number of amides is 1. The summed E-state index contributed by atoms with van der Waals surface area (Å²) < 4.78 is 10.7. The van der Waals surface area contributed by atoms with E-state index in [-0.39, 0.29) is 11.5 Å². The summed E-state index contributed by atoms with van der Waals surface area (Å²) in [6.07, 6.45) is 0.876. The fourth-order valence-electron chi connectivity index (χ4n) is 3.29. The van der Waals surface area contributed by atoms with Gasteiger partial charge in [-0.1, -0.05) is 55.5 Å². The van der Waals surface area contributed by atoms with Crippen LogP contribution in [0, 0.1) is 5.92 Å². The molecule has 0 aliphatic carbocycles. The van der Waals surface area contributed by atoms with Crippen molar-refractivity contribution in [3.8, 4) is 11.5 Å². The van der Waals surface area contributed by atoms with Gasteiger partial charge in [0.25, 0.3) is 0 Å². The first-order valence-electron chi connectivity index (χ1n) is 9.62. The Bertz CT molecular complexity index is 1120. The summed E-state index contributed by atoms with van der Waals surface area (Å²) in [5, 5.41) is 23.7. The van der Waals surface area contributed by atoms with Crippen LogP contribution in [0.5, 0.6) is 11.5 Å². The molecule has 7 nitrogen and oxygen atoms in total. The van der Waals surface area contributed by atoms with Crippen LogP contribution in [0.4, 0.5) is 10.5 Å². The van der Waals surface area contributed by atoms with Crippen LogP contribution >= 0.6 is 0 Å². The third kappa shape index (κ3) is 5.33. The van der Waals surface area contributed by atoms with E-state index in [1.54, 1.807) is 25.1 Å². The van der Waals surface area contributed by atoms with E-state index in [1.807, 2.05) is 36.4 Å². The number of carbonyl (C=O) groups excluding carboxylic acids is 1. The number of fused-ring (bicyclic) bond motifs is 1. The number of ether oxygens (including phenoxy) is 2. The topological polar surface area (TPSA) is 105 Å². The van der Waals surface area contributed by atoms with E-state index in [4.69, 9.17) is 14.6 Å². The Balaban J connectivity index is 1.87. The van der Waals surface area contributed by atoms with Crippen LogP contribution in [0.2, 0.25) is 0 Å². The minimum atomic E-state index is -1.11. The zero-order valence-corrected chi connectivity index (χ0v) is 17.1. The highest BCUT2D eigenvalue weighted by atomic mass is 16.6. The molecular weight excluding hydrogens is 398 g/mol. The number of benzene rings is 3. The summed E-state index contributed by atoms with van der Waals surface area (Å²) in [4.78, 5) is 23.7. The molecular formula is C24H23NO6. The number of carboxylic acid groups (broad SMARTS) is 1. The maximum absolute atomic E-state index is 12.7. The summed E-state index contributed by atoms with van der Waals surface area (Å²) in [6.45, 7) is 1.72. The van der Waals surface area contributed by atoms with Crippen LogP contribution in [0.25, 0.3) is 10.8 Å². The molecule has 7 heteroatoms. The second-order valence-corrected chi connectivity index (χ2v) is 6.97. The van der Waals surface area contributed by atoms with Crippen molar-refractivity contribution in [2.24, 2.45) is 5.92 Å². The van der Waals surface area contributed by atoms with Crippen LogP contribution in [0.3, 0.4) is 0 Å². The van der Waals surface area contributed by atoms with E-state index in [0.717, 1.165) is 16.8 Å². The molecule has 1 amide bonds. The third-order valence-corrected chi connectivity index (χ3v) is 4.81. The van der Waals surface area contributed by atoms with Gasteiger partial charge in [0.1, 0.15) is 6.10 Å². The molecule has 3 aromatic rings. The van der Waals surface area contributed by atoms with Gasteiger partial charge in [-0.3, -0.25) is 5.32 Å². The standard InChI is InChI=1S/C24H23NO6/c1-15(10-13-22(27)28)23(17-11-12-21(30-2)20(26)14-17)31-24(29)25-19-9-5-7-16-6-3-4-8-18(16)19/h3-15,23,26H,1-2H3,(H,25,29)(H,27,28)/b13-10+/t15-,23+/m1/s1. The van der Waals surface area contributed by atoms with Crippen molar-refractivity contribution >= 4 is 28.5 Å². The second kappa shape index (κ2) is 9.67. The SMILES string of the molecule is COc1ccc([C@@H](OC(=O)Nc2cccc3ccccc23)[C@H](C)/C=C/C(=O)O)cc1O. The summed E-state index contributed by atoms with van der Waals surface area (Å²) in [5.41, 5.74) is 1.09. The average Bonchev–Trinajstić information content (AvgIpc) is 2.76. The number of hydrogen-bond acceptors (Lipinski definition) is 5. The molecule has 0 spiro atoms. The Labute approximate surface area is 179 Å². The summed E-state index contributed by atoms with van der Waals surface area (Å²) >= 11 is 0. The maximum atomic E-state index is 12.7. The van der Waals surface area contributed by atoms with Gasteiger partial charge in [-0.2, -0.15) is 0 Å². The molecule has 3 rings (SSSR count). The molecule has 0 saturated carbocycles. The molecule has 3 N–H and O–H groups in total. The first-order chi connectivity index (χ1) is 14.9. The monoisotopic (exact) mass is 421 g/mol. The van der Waals surface area contributed by atoms with Crippen molar-refractivity contribution in [3.05, 3.63) is 78.4 Å². The van der Waals surface area contributed by atoms with Gasteiger partial charge in [0.2, 0.25) is 0 Å². The molecule has 0 aliphatic heterocycles. The number of phenolic OH excluding ortho intramolecular Hbond substituents is 1. The Morgan fingerprint density at radius 3 is 2.52 bits per heavy atom. The smallest absolute Gasteiger partial charge is 0.412 e. The predicted molar refractivity (Wildman–Crippen MR) is 117 cm³/mol. The Kier molecular flexibility index (Phi) is 6.77. The van der Waals surface area contributed by atoms with E-state index in [2.05, 4.69) is 5.32 Å². The summed E-state index contributed by atoms with van der Waals surface area (Å²) in [5.74, 6) is -1.43. The molecule has 3 aromatic carbocycles. The number of nitrogens with one attached hydrogen (secondary N) is 1. The van der Waals surface area contributed by atoms with Crippen molar-refractivity contribution < 1.29 is 29.3 Å². The van der Waals surface area contributed by atoms with Crippen molar-refractivity contribution in [1.29, 1.82) is 0 Å². The fourth-order valence-corrected chi connectivity index (χ4v) is 3.29. The van der Waals surface area contributed by atoms with Gasteiger partial charge in [0.05, 0.1) is 12.8 Å². The van der Waals surface area contributed by atoms with E-state index >= 15 is 0 Å². The third-order valence-electron chi connectivity index (χ3n) is 4.81. The largest absolute Gasteiger partial charge is 0.504 e. The average molecular weight is 421 g/mol. The van der Waals surface area contributed by atoms with Crippen LogP contribution in [0.1, 0.15) is 18.6 Å². The molecule has 0 unspecified atom stereocenters. The number of anilines is 1. The number of rotatable bonds is 7. The van der Waals surface area contributed by atoms with Gasteiger partial charge in [-0.15, -0.1) is 0 Å². The van der Waals surface area contributed by atoms with Gasteiger partial charge >= 0.3 is 12.1 Å². The van der Waals surface area contributed by atoms with Crippen molar-refractivity contribution in [2.75, 3.05) is 12.4 Å². The number of aromatic hydroxyl groups is 1. The van der Waals surface area contributed by atoms with E-state index in [9.17, 15) is 14.7 Å². The van der Waals surface area contributed by atoms with Crippen molar-refractivity contribution in [3.63, 3.8) is 0 Å². The van der Waals surface area contributed by atoms with Gasteiger partial charge in [-0.05, 0) is 29.1 Å². The first kappa shape index (κ1) is 21.7. The van der Waals surface area contributed by atoms with Gasteiger partial charge in [0, 0.05) is 17.4 Å². The summed E-state index contributed by atoms with van der Waals surface area (Å²) in [6, 6.07) is 17.8. The molecule has 0 fully saturated rings. The lowest BCUT2D eigenvalue weighted by atomic mass is 9.96. The minimum Gasteiger partial charge on any atom is -0.504 e. The Morgan fingerprint density at radius 1 is 1.06 bits per heavy atom. The number of phenols is 1. The van der Waals surface area contributed by atoms with Gasteiger partial charge < -0.3 is 19.7 Å². The lowest BCUT2D eigenvalue weighted by Crippen LogP contribution is -2.21. The number of hydrogen-bond donors (Lipinski definition) is 3. The first-order valence-corrected chi connectivity index (χ1v) is 9.62. The lowest BCUT2D eigenvalue weighted by Gasteiger charge is -2.23. The number of carbonyl (C=O) groups is 2. The Hall–Kier alpha value is -4.00. The minimum absolute atomic E-state index is 0.113. The molecule has 0 bridgehead atoms. The molecule has 0 radical (unpaired) electrons. The highest BCUT2D eigenvalue weighted by Gasteiger charge is 2.24. The van der Waals surface area contributed by atoms with Crippen molar-refractivity contribution in [2.45, 2.75) is 13.0 Å². The van der Waals surface area contributed by atoms with Gasteiger partial charge in [0.15, 0.2) is 11.5 Å². The molecule has 0 aromatic heterocycles. The molecule has 31 heavy (non-hydrogen) atoms. The second-order valence-electron chi connectivity index (χ2n) is 6.97. The number of aliphatic carboxylic acids is 1. The highest BCUT2D eigenvalue weighted by molar-refractivity contribution is 6.00. The predicted octanol–water partition coefficient (Wildman–Crippen LogP) is 5.12. The van der Waals surface area contributed by atoms with E-state index in [0.29, 0.717) is 11.3 Å². The maximum Gasteiger partial charge on any atom is 0.412 e. The van der Waals surface area contributed by atoms with Gasteiger partial charge in [-0.25, -0.2) is 9.59 Å². The zero-order valence-electron chi connectivity index (χ0n) is 17.1. The van der Waals surface area contributed by atoms with Crippen molar-refractivity contribution in [1.82, 2.24) is 0 Å². The van der Waals surface area contributed by atoms with Crippen LogP contribution < -0.4 is 10.1 Å². The van der Waals surface area contributed by atoms with Crippen LogP contribution in [0.15, 0.2) is 72.8 Å². The molecule has 0 saturated heterocycles. The number of carboxylic acids is 1. The van der Waals surface area contributed by atoms with Crippen LogP contribution in [-0.2, 0) is 9.53 Å². The lowest BCUT2D eigenvalue weighted by molar-refractivity contribution is -0.131. The molecule has 0 heterocycles. The highest BCUT2D eigenvalue weighted by Crippen LogP contribution is 2.34. The van der Waals surface area contributed by atoms with E-state index < -0.39 is 24.1 Å². The fraction of sp³-hybridized carbons (Fsp3) is 0.167. The quantitative estimate of drug-likeness (QED) is 0.457. The van der Waals surface area contributed by atoms with Crippen LogP contribution in [-0.4, -0.2) is 29.4 Å². The number of methoxy groups -OCH3 is 1. The molecule has 160 valence electrons. The molecule has 2 atom stereocenters. The summed E-state index contributed by atoms with van der Waals surface area (Å²) in [7, 11) is 1.43. The van der Waals surface area contributed by atoms with E-state index in [1.165, 1.54) is 19.3 Å².